The second-order valence-electron chi connectivity index (χ2n) is 2.41. The Hall–Kier alpha value is -0.130. The van der Waals surface area contributed by atoms with Crippen LogP contribution in [0, 0.1) is 12.3 Å². The molecule has 0 aliphatic carbocycles. The van der Waals surface area contributed by atoms with Crippen LogP contribution in [0.1, 0.15) is 12.8 Å². The summed E-state index contributed by atoms with van der Waals surface area (Å²) in [6.45, 7) is 0. The smallest absolute Gasteiger partial charge is 0.0854 e. The van der Waals surface area contributed by atoms with Gasteiger partial charge in [-0.25, -0.2) is 0 Å². The normalized spacial score (nSPS) is 34.2. The molecule has 0 aromatic carbocycles. The van der Waals surface area contributed by atoms with Crippen molar-refractivity contribution in [1.29, 1.82) is 0 Å². The molecule has 50 valence electrons. The number of thioether (sulfide) groups is 1. The lowest BCUT2D eigenvalue weighted by Gasteiger charge is -2.16. The monoisotopic (exact) mass is 142 g/mol. The Bertz CT molecular complexity index is 130. The number of aliphatic hydroxyl groups is 1. The second-order valence-corrected chi connectivity index (χ2v) is 3.51. The van der Waals surface area contributed by atoms with Crippen molar-refractivity contribution in [2.75, 3.05) is 11.5 Å². The lowest BCUT2D eigenvalue weighted by atomic mass is 10.0. The topological polar surface area (TPSA) is 20.2 Å². The molecule has 9 heavy (non-hydrogen) atoms. The lowest BCUT2D eigenvalue weighted by Crippen LogP contribution is -2.26. The predicted octanol–water partition coefficient (Wildman–Crippen LogP) is 0.878. The quantitative estimate of drug-likeness (QED) is 0.548. The Balaban J connectivity index is 2.43. The number of rotatable bonds is 1. The molecule has 1 rings (SSSR count). The van der Waals surface area contributed by atoms with Crippen LogP contribution in [-0.2, 0) is 0 Å². The van der Waals surface area contributed by atoms with Crippen molar-refractivity contribution in [2.24, 2.45) is 0 Å². The maximum atomic E-state index is 9.53. The molecule has 2 heteroatoms. The van der Waals surface area contributed by atoms with Crippen LogP contribution in [0.5, 0.6) is 0 Å². The van der Waals surface area contributed by atoms with E-state index in [0.717, 1.165) is 17.9 Å². The fourth-order valence-corrected chi connectivity index (χ4v) is 2.22. The third-order valence-corrected chi connectivity index (χ3v) is 2.75. The minimum Gasteiger partial charge on any atom is -0.388 e. The van der Waals surface area contributed by atoms with E-state index in [4.69, 9.17) is 6.42 Å². The highest BCUT2D eigenvalue weighted by atomic mass is 32.2. The molecular formula is C7H10OS. The zero-order chi connectivity index (χ0) is 6.74. The molecule has 1 aliphatic heterocycles. The van der Waals surface area contributed by atoms with E-state index < -0.39 is 5.60 Å². The van der Waals surface area contributed by atoms with E-state index in [2.05, 4.69) is 5.92 Å². The number of hydrogen-bond donors (Lipinski definition) is 1. The largest absolute Gasteiger partial charge is 0.388 e. The van der Waals surface area contributed by atoms with Gasteiger partial charge in [-0.15, -0.1) is 12.3 Å². The molecule has 1 heterocycles. The van der Waals surface area contributed by atoms with Gasteiger partial charge in [-0.2, -0.15) is 11.8 Å². The second kappa shape index (κ2) is 2.64. The molecule has 0 bridgehead atoms. The molecular weight excluding hydrogens is 132 g/mol. The Morgan fingerprint density at radius 2 is 2.56 bits per heavy atom. The third-order valence-electron chi connectivity index (χ3n) is 1.51. The van der Waals surface area contributed by atoms with Crippen molar-refractivity contribution >= 4 is 11.8 Å². The van der Waals surface area contributed by atoms with Crippen LogP contribution in [0.3, 0.4) is 0 Å². The summed E-state index contributed by atoms with van der Waals surface area (Å²) in [4.78, 5) is 0. The van der Waals surface area contributed by atoms with Crippen molar-refractivity contribution in [3.05, 3.63) is 0 Å². The van der Waals surface area contributed by atoms with E-state index in [1.807, 2.05) is 0 Å². The van der Waals surface area contributed by atoms with Crippen molar-refractivity contribution in [2.45, 2.75) is 18.4 Å². The average Bonchev–Trinajstić information content (AvgIpc) is 2.16. The van der Waals surface area contributed by atoms with Crippen molar-refractivity contribution in [1.82, 2.24) is 0 Å². The van der Waals surface area contributed by atoms with Gasteiger partial charge in [-0.1, -0.05) is 0 Å². The molecule has 1 fully saturated rings. The van der Waals surface area contributed by atoms with Crippen molar-refractivity contribution in [3.8, 4) is 12.3 Å². The number of hydrogen-bond acceptors (Lipinski definition) is 2. The van der Waals surface area contributed by atoms with Crippen LogP contribution in [0.4, 0.5) is 0 Å². The lowest BCUT2D eigenvalue weighted by molar-refractivity contribution is 0.0738. The highest BCUT2D eigenvalue weighted by Crippen LogP contribution is 2.29. The minimum absolute atomic E-state index is 0.514. The molecule has 1 saturated heterocycles. The van der Waals surface area contributed by atoms with E-state index >= 15 is 0 Å². The Morgan fingerprint density at radius 1 is 1.78 bits per heavy atom. The summed E-state index contributed by atoms with van der Waals surface area (Å²) in [5.41, 5.74) is -0.528. The summed E-state index contributed by atoms with van der Waals surface area (Å²) >= 11 is 1.78. The number of terminal acetylenes is 1. The average molecular weight is 142 g/mol. The maximum absolute atomic E-state index is 9.53. The van der Waals surface area contributed by atoms with Gasteiger partial charge < -0.3 is 5.11 Å². The van der Waals surface area contributed by atoms with Crippen LogP contribution in [0.2, 0.25) is 0 Å². The summed E-state index contributed by atoms with van der Waals surface area (Å²) in [5, 5.41) is 9.53. The zero-order valence-electron chi connectivity index (χ0n) is 5.26. The fraction of sp³-hybridized carbons (Fsp3) is 0.714. The van der Waals surface area contributed by atoms with Gasteiger partial charge in [0.05, 0.1) is 5.60 Å². The van der Waals surface area contributed by atoms with E-state index in [0.29, 0.717) is 6.42 Å². The standard InChI is InChI=1S/C7H10OS/c1-2-3-7(8)4-5-9-6-7/h1,8H,3-6H2/t7-/m0/s1. The van der Waals surface area contributed by atoms with Gasteiger partial charge in [0.2, 0.25) is 0 Å². The first kappa shape index (κ1) is 6.98. The molecule has 1 atom stereocenters. The van der Waals surface area contributed by atoms with Gasteiger partial charge in [0.15, 0.2) is 0 Å². The molecule has 1 nitrogen and oxygen atoms in total. The summed E-state index contributed by atoms with van der Waals surface area (Å²) in [5.74, 6) is 4.36. The van der Waals surface area contributed by atoms with Gasteiger partial charge in [0, 0.05) is 12.2 Å². The SMILES string of the molecule is C#CC[C@]1(O)CCSC1. The summed E-state index contributed by atoms with van der Waals surface area (Å²) in [6, 6.07) is 0. The highest BCUT2D eigenvalue weighted by Gasteiger charge is 2.30. The minimum atomic E-state index is -0.528. The van der Waals surface area contributed by atoms with Crippen LogP contribution in [-0.4, -0.2) is 22.2 Å². The van der Waals surface area contributed by atoms with E-state index in [1.54, 1.807) is 11.8 Å². The molecule has 0 aromatic rings. The molecule has 0 amide bonds. The molecule has 1 aliphatic rings. The Morgan fingerprint density at radius 3 is 3.00 bits per heavy atom. The van der Waals surface area contributed by atoms with Gasteiger partial charge in [0.25, 0.3) is 0 Å². The molecule has 1 N–H and O–H groups in total. The molecule has 0 saturated carbocycles. The van der Waals surface area contributed by atoms with Gasteiger partial charge in [-0.3, -0.25) is 0 Å². The van der Waals surface area contributed by atoms with Gasteiger partial charge >= 0.3 is 0 Å². The predicted molar refractivity (Wildman–Crippen MR) is 40.3 cm³/mol. The highest BCUT2D eigenvalue weighted by molar-refractivity contribution is 7.99. The van der Waals surface area contributed by atoms with Crippen LogP contribution in [0.15, 0.2) is 0 Å². The van der Waals surface area contributed by atoms with E-state index in [-0.39, 0.29) is 0 Å². The van der Waals surface area contributed by atoms with E-state index in [1.165, 1.54) is 0 Å². The summed E-state index contributed by atoms with van der Waals surface area (Å²) < 4.78 is 0. The third kappa shape index (κ3) is 1.64. The molecule has 0 spiro atoms. The summed E-state index contributed by atoms with van der Waals surface area (Å²) in [7, 11) is 0. The first-order valence-corrected chi connectivity index (χ1v) is 4.16. The maximum Gasteiger partial charge on any atom is 0.0854 e. The Kier molecular flexibility index (Phi) is 2.05. The van der Waals surface area contributed by atoms with Crippen LogP contribution < -0.4 is 0 Å². The first-order valence-electron chi connectivity index (χ1n) is 3.00. The summed E-state index contributed by atoms with van der Waals surface area (Å²) in [6.07, 6.45) is 6.45. The first-order chi connectivity index (χ1) is 4.27. The van der Waals surface area contributed by atoms with Crippen LogP contribution in [0.25, 0.3) is 0 Å². The van der Waals surface area contributed by atoms with Gasteiger partial charge in [-0.05, 0) is 12.2 Å². The molecule has 0 aromatic heterocycles. The molecule has 0 radical (unpaired) electrons. The Labute approximate surface area is 59.8 Å². The van der Waals surface area contributed by atoms with Gasteiger partial charge in [0.1, 0.15) is 0 Å². The fourth-order valence-electron chi connectivity index (χ4n) is 0.926. The zero-order valence-corrected chi connectivity index (χ0v) is 6.08. The van der Waals surface area contributed by atoms with E-state index in [9.17, 15) is 5.11 Å². The van der Waals surface area contributed by atoms with Crippen molar-refractivity contribution < 1.29 is 5.11 Å². The van der Waals surface area contributed by atoms with Crippen molar-refractivity contribution in [3.63, 3.8) is 0 Å². The molecule has 0 unspecified atom stereocenters. The van der Waals surface area contributed by atoms with Crippen LogP contribution >= 0.6 is 11.8 Å².